The molecule has 1 atom stereocenters. The first kappa shape index (κ1) is 23.6. The molecule has 0 spiro atoms. The minimum atomic E-state index is -5.51. The maximum atomic E-state index is 13.5. The number of carbonyl (C=O) groups is 2. The molecule has 0 fully saturated rings. The van der Waals surface area contributed by atoms with Crippen LogP contribution >= 0.6 is 12.6 Å². The maximum Gasteiger partial charge on any atom is 0.466 e. The van der Waals surface area contributed by atoms with E-state index in [9.17, 15) is 31.5 Å². The zero-order chi connectivity index (χ0) is 19.9. The zero-order valence-corrected chi connectivity index (χ0v) is 14.6. The van der Waals surface area contributed by atoms with E-state index in [1.54, 1.807) is 6.92 Å². The van der Waals surface area contributed by atoms with Crippen molar-refractivity contribution in [3.63, 3.8) is 0 Å². The third-order valence-corrected chi connectivity index (χ3v) is 3.00. The van der Waals surface area contributed by atoms with Crippen molar-refractivity contribution in [1.29, 1.82) is 0 Å². The number of unbranched alkanes of at least 4 members (excludes halogenated alkanes) is 1. The standard InChI is InChI=1S/C14H20F5NO4S/c1-4-5-7-20-11(22)13(14(17,18)19,24-10(21)9(2)3)23-8-6-12(15,16)25/h25H,2,4-8H2,1,3H3,(H,20,22). The average molecular weight is 393 g/mol. The summed E-state index contributed by atoms with van der Waals surface area (Å²) >= 11 is 2.86. The number of esters is 1. The van der Waals surface area contributed by atoms with Crippen LogP contribution in [0.15, 0.2) is 12.2 Å². The smallest absolute Gasteiger partial charge is 0.412 e. The highest BCUT2D eigenvalue weighted by Gasteiger charge is 2.66. The molecular weight excluding hydrogens is 373 g/mol. The van der Waals surface area contributed by atoms with Crippen LogP contribution in [-0.2, 0) is 19.1 Å². The Balaban J connectivity index is 5.61. The van der Waals surface area contributed by atoms with Crippen molar-refractivity contribution in [2.45, 2.75) is 50.3 Å². The Labute approximate surface area is 147 Å². The fourth-order valence-electron chi connectivity index (χ4n) is 1.44. The second kappa shape index (κ2) is 9.37. The summed E-state index contributed by atoms with van der Waals surface area (Å²) < 4.78 is 74.4. The van der Waals surface area contributed by atoms with E-state index in [0.29, 0.717) is 12.8 Å². The molecule has 1 amide bonds. The van der Waals surface area contributed by atoms with Crippen LogP contribution in [0.25, 0.3) is 0 Å². The Bertz CT molecular complexity index is 493. The molecule has 5 nitrogen and oxygen atoms in total. The number of hydrogen-bond donors (Lipinski definition) is 2. The molecule has 0 aliphatic rings. The zero-order valence-electron chi connectivity index (χ0n) is 13.7. The van der Waals surface area contributed by atoms with Crippen molar-refractivity contribution in [3.8, 4) is 0 Å². The van der Waals surface area contributed by atoms with Gasteiger partial charge < -0.3 is 14.8 Å². The summed E-state index contributed by atoms with van der Waals surface area (Å²) in [5, 5.41) is -1.70. The van der Waals surface area contributed by atoms with Gasteiger partial charge in [0.1, 0.15) is 0 Å². The summed E-state index contributed by atoms with van der Waals surface area (Å²) in [6.45, 7) is 4.52. The average Bonchev–Trinajstić information content (AvgIpc) is 2.43. The van der Waals surface area contributed by atoms with Gasteiger partial charge in [-0.3, -0.25) is 4.79 Å². The number of alkyl halides is 5. The number of ether oxygens (including phenoxy) is 2. The SMILES string of the molecule is C=C(C)C(=O)OC(OCCC(F)(F)S)(C(=O)NCCCC)C(F)(F)F. The molecule has 1 unspecified atom stereocenters. The lowest BCUT2D eigenvalue weighted by Gasteiger charge is -2.33. The molecule has 0 aliphatic heterocycles. The molecule has 0 saturated heterocycles. The number of halogens is 5. The summed E-state index contributed by atoms with van der Waals surface area (Å²) in [6.07, 6.45) is -5.83. The summed E-state index contributed by atoms with van der Waals surface area (Å²) in [5.41, 5.74) is -0.432. The second-order valence-corrected chi connectivity index (χ2v) is 5.81. The summed E-state index contributed by atoms with van der Waals surface area (Å²) in [6, 6.07) is 0. The molecule has 0 saturated carbocycles. The molecule has 11 heteroatoms. The Morgan fingerprint density at radius 2 is 1.76 bits per heavy atom. The largest absolute Gasteiger partial charge is 0.466 e. The van der Waals surface area contributed by atoms with Crippen molar-refractivity contribution in [2.24, 2.45) is 0 Å². The molecule has 25 heavy (non-hydrogen) atoms. The van der Waals surface area contributed by atoms with Gasteiger partial charge in [0.05, 0.1) is 6.61 Å². The molecule has 0 aromatic carbocycles. The van der Waals surface area contributed by atoms with Crippen molar-refractivity contribution < 1.29 is 41.0 Å². The van der Waals surface area contributed by atoms with E-state index in [-0.39, 0.29) is 6.54 Å². The molecule has 0 rings (SSSR count). The van der Waals surface area contributed by atoms with Crippen LogP contribution in [0, 0.1) is 0 Å². The highest BCUT2D eigenvalue weighted by molar-refractivity contribution is 7.81. The third kappa shape index (κ3) is 7.59. The minimum absolute atomic E-state index is 0.149. The normalized spacial score (nSPS) is 14.6. The molecular formula is C14H20F5NO4S. The van der Waals surface area contributed by atoms with Gasteiger partial charge >= 0.3 is 23.8 Å². The minimum Gasteiger partial charge on any atom is -0.412 e. The van der Waals surface area contributed by atoms with Gasteiger partial charge in [-0.1, -0.05) is 19.9 Å². The van der Waals surface area contributed by atoms with Gasteiger partial charge in [0.15, 0.2) is 0 Å². The Morgan fingerprint density at radius 3 is 2.16 bits per heavy atom. The number of hydrogen-bond acceptors (Lipinski definition) is 5. The van der Waals surface area contributed by atoms with Gasteiger partial charge in [-0.2, -0.15) is 22.0 Å². The number of amides is 1. The lowest BCUT2D eigenvalue weighted by molar-refractivity contribution is -0.348. The number of rotatable bonds is 10. The van der Waals surface area contributed by atoms with Crippen LogP contribution in [0.5, 0.6) is 0 Å². The summed E-state index contributed by atoms with van der Waals surface area (Å²) in [5.74, 6) is -7.43. The molecule has 0 aliphatic carbocycles. The van der Waals surface area contributed by atoms with Gasteiger partial charge in [0.25, 0.3) is 5.25 Å². The lowest BCUT2D eigenvalue weighted by Crippen LogP contribution is -2.61. The molecule has 0 aromatic heterocycles. The van der Waals surface area contributed by atoms with E-state index in [1.165, 1.54) is 0 Å². The maximum absolute atomic E-state index is 13.5. The van der Waals surface area contributed by atoms with E-state index in [1.807, 2.05) is 5.32 Å². The number of carbonyl (C=O) groups excluding carboxylic acids is 2. The van der Waals surface area contributed by atoms with Crippen LogP contribution in [0.3, 0.4) is 0 Å². The molecule has 1 N–H and O–H groups in total. The van der Waals surface area contributed by atoms with Crippen LogP contribution in [-0.4, -0.2) is 42.2 Å². The summed E-state index contributed by atoms with van der Waals surface area (Å²) in [7, 11) is 0. The van der Waals surface area contributed by atoms with E-state index < -0.39 is 47.7 Å². The highest BCUT2D eigenvalue weighted by atomic mass is 32.1. The van der Waals surface area contributed by atoms with Gasteiger partial charge in [-0.15, -0.1) is 12.6 Å². The highest BCUT2D eigenvalue weighted by Crippen LogP contribution is 2.37. The van der Waals surface area contributed by atoms with Crippen molar-refractivity contribution in [1.82, 2.24) is 5.32 Å². The van der Waals surface area contributed by atoms with Gasteiger partial charge in [-0.05, 0) is 13.3 Å². The van der Waals surface area contributed by atoms with Crippen LogP contribution < -0.4 is 5.32 Å². The summed E-state index contributed by atoms with van der Waals surface area (Å²) in [4.78, 5) is 23.6. The van der Waals surface area contributed by atoms with Gasteiger partial charge in [0.2, 0.25) is 0 Å². The Hall–Kier alpha value is -1.36. The fourth-order valence-corrected chi connectivity index (χ4v) is 1.53. The molecule has 0 radical (unpaired) electrons. The van der Waals surface area contributed by atoms with Gasteiger partial charge in [-0.25, -0.2) is 4.79 Å². The lowest BCUT2D eigenvalue weighted by atomic mass is 10.2. The van der Waals surface area contributed by atoms with Crippen LogP contribution in [0.2, 0.25) is 0 Å². The fraction of sp³-hybridized carbons (Fsp3) is 0.714. The van der Waals surface area contributed by atoms with E-state index in [2.05, 4.69) is 28.7 Å². The van der Waals surface area contributed by atoms with E-state index in [0.717, 1.165) is 6.92 Å². The first-order valence-electron chi connectivity index (χ1n) is 7.25. The van der Waals surface area contributed by atoms with Crippen molar-refractivity contribution >= 4 is 24.5 Å². The first-order chi connectivity index (χ1) is 11.3. The van der Waals surface area contributed by atoms with Crippen LogP contribution in [0.4, 0.5) is 22.0 Å². The van der Waals surface area contributed by atoms with Crippen molar-refractivity contribution in [2.75, 3.05) is 13.2 Å². The number of nitrogens with one attached hydrogen (secondary N) is 1. The predicted octanol–water partition coefficient (Wildman–Crippen LogP) is 3.21. The monoisotopic (exact) mass is 393 g/mol. The first-order valence-corrected chi connectivity index (χ1v) is 7.69. The van der Waals surface area contributed by atoms with Crippen molar-refractivity contribution in [3.05, 3.63) is 12.2 Å². The Morgan fingerprint density at radius 1 is 1.20 bits per heavy atom. The Kier molecular flexibility index (Phi) is 8.86. The molecule has 0 heterocycles. The predicted molar refractivity (Wildman–Crippen MR) is 82.1 cm³/mol. The quantitative estimate of drug-likeness (QED) is 0.149. The van der Waals surface area contributed by atoms with Gasteiger partial charge in [0, 0.05) is 18.5 Å². The molecule has 0 bridgehead atoms. The van der Waals surface area contributed by atoms with E-state index >= 15 is 0 Å². The second-order valence-electron chi connectivity index (χ2n) is 5.16. The number of thiol groups is 1. The molecule has 146 valence electrons. The molecule has 0 aromatic rings. The van der Waals surface area contributed by atoms with Crippen LogP contribution in [0.1, 0.15) is 33.1 Å². The third-order valence-electron chi connectivity index (χ3n) is 2.78. The topological polar surface area (TPSA) is 64.6 Å². The van der Waals surface area contributed by atoms with E-state index in [4.69, 9.17) is 0 Å².